The zero-order chi connectivity index (χ0) is 24.6. The van der Waals surface area contributed by atoms with E-state index in [0.29, 0.717) is 36.0 Å². The van der Waals surface area contributed by atoms with Gasteiger partial charge in [0, 0.05) is 18.7 Å². The Morgan fingerprint density at radius 3 is 2.54 bits per heavy atom. The number of amides is 1. The molecule has 1 aliphatic heterocycles. The van der Waals surface area contributed by atoms with Crippen molar-refractivity contribution in [3.63, 3.8) is 0 Å². The first-order valence-electron chi connectivity index (χ1n) is 11.0. The zero-order valence-corrected chi connectivity index (χ0v) is 20.9. The highest BCUT2D eigenvalue weighted by atomic mass is 32.2. The Morgan fingerprint density at radius 1 is 1.06 bits per heavy atom. The van der Waals surface area contributed by atoms with E-state index in [1.54, 1.807) is 7.11 Å². The van der Waals surface area contributed by atoms with E-state index in [0.717, 1.165) is 21.3 Å². The molecule has 10 heteroatoms. The topological polar surface area (TPSA) is 101 Å². The second kappa shape index (κ2) is 9.29. The molecule has 1 amide bonds. The molecule has 2 N–H and O–H groups in total. The van der Waals surface area contributed by atoms with Gasteiger partial charge in [-0.15, -0.1) is 0 Å². The number of hydrogen-bond donors (Lipinski definition) is 2. The van der Waals surface area contributed by atoms with Crippen LogP contribution in [0.2, 0.25) is 0 Å². The fourth-order valence-corrected chi connectivity index (χ4v) is 6.44. The molecule has 0 bridgehead atoms. The first kappa shape index (κ1) is 23.3. The zero-order valence-electron chi connectivity index (χ0n) is 19.2. The highest BCUT2D eigenvalue weighted by molar-refractivity contribution is 7.89. The smallest absolute Gasteiger partial charge is 0.269 e. The molecule has 0 fully saturated rings. The quantitative estimate of drug-likeness (QED) is 0.380. The number of methoxy groups -OCH3 is 1. The highest BCUT2D eigenvalue weighted by Crippen LogP contribution is 2.34. The van der Waals surface area contributed by atoms with Crippen LogP contribution in [0.5, 0.6) is 5.75 Å². The Labute approximate surface area is 207 Å². The maximum Gasteiger partial charge on any atom is 0.269 e. The van der Waals surface area contributed by atoms with Gasteiger partial charge in [-0.3, -0.25) is 15.6 Å². The first-order valence-corrected chi connectivity index (χ1v) is 13.3. The van der Waals surface area contributed by atoms with Crippen LogP contribution in [0.15, 0.2) is 65.6 Å². The molecular weight excluding hydrogens is 484 g/mol. The van der Waals surface area contributed by atoms with Crippen LogP contribution in [0.4, 0.5) is 5.13 Å². The number of hydrazine groups is 1. The minimum Gasteiger partial charge on any atom is -0.494 e. The van der Waals surface area contributed by atoms with Gasteiger partial charge in [-0.05, 0) is 60.4 Å². The van der Waals surface area contributed by atoms with Gasteiger partial charge in [0.2, 0.25) is 15.2 Å². The summed E-state index contributed by atoms with van der Waals surface area (Å²) in [5, 5.41) is 0.519. The lowest BCUT2D eigenvalue weighted by atomic mass is 10.0. The van der Waals surface area contributed by atoms with Crippen LogP contribution in [0.25, 0.3) is 10.2 Å². The van der Waals surface area contributed by atoms with Gasteiger partial charge in [0.1, 0.15) is 11.3 Å². The third-order valence-corrected chi connectivity index (χ3v) is 9.02. The van der Waals surface area contributed by atoms with E-state index in [4.69, 9.17) is 4.74 Å². The molecule has 3 aromatic carbocycles. The van der Waals surface area contributed by atoms with Crippen molar-refractivity contribution >= 4 is 42.6 Å². The monoisotopic (exact) mass is 508 g/mol. The van der Waals surface area contributed by atoms with Gasteiger partial charge in [-0.1, -0.05) is 41.7 Å². The number of carbonyl (C=O) groups is 1. The third kappa shape index (κ3) is 4.47. The molecule has 0 saturated heterocycles. The maximum absolute atomic E-state index is 13.1. The number of anilines is 1. The van der Waals surface area contributed by atoms with Crippen molar-refractivity contribution < 1.29 is 17.9 Å². The predicted molar refractivity (Wildman–Crippen MR) is 136 cm³/mol. The van der Waals surface area contributed by atoms with Gasteiger partial charge in [0.25, 0.3) is 5.91 Å². The molecule has 8 nitrogen and oxygen atoms in total. The van der Waals surface area contributed by atoms with Gasteiger partial charge < -0.3 is 4.74 Å². The van der Waals surface area contributed by atoms with Crippen LogP contribution in [0.3, 0.4) is 0 Å². The number of thiazole rings is 1. The normalized spacial score (nSPS) is 13.9. The summed E-state index contributed by atoms with van der Waals surface area (Å²) in [6.07, 6.45) is 0.679. The van der Waals surface area contributed by atoms with Gasteiger partial charge in [0.15, 0.2) is 0 Å². The molecule has 1 aromatic heterocycles. The lowest BCUT2D eigenvalue weighted by molar-refractivity contribution is 0.0962. The average Bonchev–Trinajstić information content (AvgIpc) is 3.32. The number of nitrogens with one attached hydrogen (secondary N) is 2. The summed E-state index contributed by atoms with van der Waals surface area (Å²) in [6.45, 7) is 2.76. The van der Waals surface area contributed by atoms with Crippen molar-refractivity contribution in [1.82, 2.24) is 14.7 Å². The van der Waals surface area contributed by atoms with Crippen molar-refractivity contribution in [3.8, 4) is 5.75 Å². The summed E-state index contributed by atoms with van der Waals surface area (Å²) in [5.41, 5.74) is 9.78. The van der Waals surface area contributed by atoms with Gasteiger partial charge in [-0.2, -0.15) is 4.31 Å². The van der Waals surface area contributed by atoms with Crippen LogP contribution >= 0.6 is 11.3 Å². The minimum absolute atomic E-state index is 0.162. The number of fused-ring (bicyclic) bond motifs is 2. The van der Waals surface area contributed by atoms with Crippen molar-refractivity contribution in [3.05, 3.63) is 82.9 Å². The number of carbonyl (C=O) groups excluding carboxylic acids is 1. The van der Waals surface area contributed by atoms with Crippen LogP contribution in [0.1, 0.15) is 27.0 Å². The van der Waals surface area contributed by atoms with E-state index >= 15 is 0 Å². The van der Waals surface area contributed by atoms with Crippen LogP contribution < -0.4 is 15.6 Å². The largest absolute Gasteiger partial charge is 0.494 e. The highest BCUT2D eigenvalue weighted by Gasteiger charge is 2.28. The number of benzene rings is 3. The van der Waals surface area contributed by atoms with Crippen LogP contribution in [-0.4, -0.2) is 37.3 Å². The van der Waals surface area contributed by atoms with E-state index in [1.165, 1.54) is 45.5 Å². The molecule has 0 saturated carbocycles. The van der Waals surface area contributed by atoms with Crippen LogP contribution in [0, 0.1) is 6.92 Å². The molecular formula is C25H24N4O4S2. The summed E-state index contributed by atoms with van der Waals surface area (Å²) in [5.74, 6) is 0.263. The number of hydrogen-bond acceptors (Lipinski definition) is 7. The molecule has 0 radical (unpaired) electrons. The molecule has 0 unspecified atom stereocenters. The minimum atomic E-state index is -3.66. The van der Waals surface area contributed by atoms with Gasteiger partial charge in [0.05, 0.1) is 16.7 Å². The fourth-order valence-electron chi connectivity index (χ4n) is 4.11. The molecule has 1 aliphatic rings. The van der Waals surface area contributed by atoms with Crippen molar-refractivity contribution in [2.75, 3.05) is 19.1 Å². The molecule has 35 heavy (non-hydrogen) atoms. The number of aryl methyl sites for hydroxylation is 1. The molecule has 0 atom stereocenters. The molecule has 5 rings (SSSR count). The summed E-state index contributed by atoms with van der Waals surface area (Å²) >= 11 is 1.41. The standard InChI is InChI=1S/C25H24N4O4S2/c1-16-7-12-21(33-2)22-23(16)34-25(26-22)28-27-24(30)18-8-10-20(11-9-18)35(31,32)29-14-13-17-5-3-4-6-19(17)15-29/h3-12H,13-15H2,1-2H3,(H,26,28)(H,27,30). The summed E-state index contributed by atoms with van der Waals surface area (Å²) < 4.78 is 34.1. The number of sulfonamides is 1. The third-order valence-electron chi connectivity index (χ3n) is 6.06. The van der Waals surface area contributed by atoms with E-state index < -0.39 is 15.9 Å². The molecule has 0 spiro atoms. The molecule has 2 heterocycles. The number of ether oxygens (including phenoxy) is 1. The van der Waals surface area contributed by atoms with Crippen molar-refractivity contribution in [2.45, 2.75) is 24.8 Å². The number of aromatic nitrogens is 1. The Bertz CT molecular complexity index is 1510. The summed E-state index contributed by atoms with van der Waals surface area (Å²) in [7, 11) is -2.07. The lowest BCUT2D eigenvalue weighted by Gasteiger charge is -2.28. The Kier molecular flexibility index (Phi) is 6.18. The average molecular weight is 509 g/mol. The summed E-state index contributed by atoms with van der Waals surface area (Å²) in [6, 6.07) is 17.7. The number of nitrogens with zero attached hydrogens (tertiary/aromatic N) is 2. The second-order valence-electron chi connectivity index (χ2n) is 8.24. The lowest BCUT2D eigenvalue weighted by Crippen LogP contribution is -2.36. The first-order chi connectivity index (χ1) is 16.9. The second-order valence-corrected chi connectivity index (χ2v) is 11.2. The SMILES string of the molecule is COc1ccc(C)c2sc(NNC(=O)c3ccc(S(=O)(=O)N4CCc5ccccc5C4)cc3)nc12. The van der Waals surface area contributed by atoms with Crippen molar-refractivity contribution in [2.24, 2.45) is 0 Å². The predicted octanol–water partition coefficient (Wildman–Crippen LogP) is 4.12. The maximum atomic E-state index is 13.1. The van der Waals surface area contributed by atoms with Crippen LogP contribution in [-0.2, 0) is 23.0 Å². The Morgan fingerprint density at radius 2 is 1.80 bits per heavy atom. The Balaban J connectivity index is 1.27. The van der Waals surface area contributed by atoms with E-state index in [9.17, 15) is 13.2 Å². The molecule has 180 valence electrons. The molecule has 4 aromatic rings. The Hall–Kier alpha value is -3.47. The van der Waals surface area contributed by atoms with Crippen molar-refractivity contribution in [1.29, 1.82) is 0 Å². The van der Waals surface area contributed by atoms with Gasteiger partial charge >= 0.3 is 0 Å². The fraction of sp³-hybridized carbons (Fsp3) is 0.200. The van der Waals surface area contributed by atoms with E-state index in [-0.39, 0.29) is 4.90 Å². The number of rotatable bonds is 6. The summed E-state index contributed by atoms with van der Waals surface area (Å²) in [4.78, 5) is 17.3. The van der Waals surface area contributed by atoms with Gasteiger partial charge in [-0.25, -0.2) is 13.4 Å². The van der Waals surface area contributed by atoms with E-state index in [1.807, 2.05) is 43.3 Å². The molecule has 0 aliphatic carbocycles. The van der Waals surface area contributed by atoms with E-state index in [2.05, 4.69) is 15.8 Å².